The van der Waals surface area contributed by atoms with Crippen molar-refractivity contribution >= 4 is 5.91 Å². The summed E-state index contributed by atoms with van der Waals surface area (Å²) in [5, 5.41) is 6.72. The second-order valence-electron chi connectivity index (χ2n) is 6.09. The Hall–Kier alpha value is -0.570. The van der Waals surface area contributed by atoms with E-state index in [1.807, 2.05) is 0 Å². The summed E-state index contributed by atoms with van der Waals surface area (Å²) in [4.78, 5) is 12.6. The maximum Gasteiger partial charge on any atom is 0.227 e. The van der Waals surface area contributed by atoms with Crippen LogP contribution in [0.4, 0.5) is 0 Å². The summed E-state index contributed by atoms with van der Waals surface area (Å²) in [6, 6.07) is 0.431. The Labute approximate surface area is 111 Å². The van der Waals surface area contributed by atoms with Gasteiger partial charge in [-0.25, -0.2) is 0 Å². The second kappa shape index (κ2) is 6.05. The Kier molecular flexibility index (Phi) is 4.66. The van der Waals surface area contributed by atoms with Crippen molar-refractivity contribution in [2.45, 2.75) is 64.8 Å². The van der Waals surface area contributed by atoms with Gasteiger partial charge in [0.2, 0.25) is 5.91 Å². The van der Waals surface area contributed by atoms with Gasteiger partial charge >= 0.3 is 0 Å². The van der Waals surface area contributed by atoms with Crippen molar-refractivity contribution in [1.82, 2.24) is 10.6 Å². The van der Waals surface area contributed by atoms with Crippen LogP contribution in [0.1, 0.15) is 58.8 Å². The average Bonchev–Trinajstić information content (AvgIpc) is 2.89. The third kappa shape index (κ3) is 2.71. The van der Waals surface area contributed by atoms with E-state index >= 15 is 0 Å². The van der Waals surface area contributed by atoms with Gasteiger partial charge in [0.25, 0.3) is 0 Å². The van der Waals surface area contributed by atoms with Gasteiger partial charge in [0.15, 0.2) is 0 Å². The Morgan fingerprint density at radius 1 is 1.33 bits per heavy atom. The van der Waals surface area contributed by atoms with Crippen LogP contribution in [0.3, 0.4) is 0 Å². The number of amides is 1. The van der Waals surface area contributed by atoms with Crippen LogP contribution >= 0.6 is 0 Å². The molecule has 3 nitrogen and oxygen atoms in total. The molecule has 2 aliphatic rings. The van der Waals surface area contributed by atoms with E-state index in [0.29, 0.717) is 17.9 Å². The van der Waals surface area contributed by atoms with Crippen LogP contribution in [0.25, 0.3) is 0 Å². The molecule has 18 heavy (non-hydrogen) atoms. The fraction of sp³-hybridized carbons (Fsp3) is 0.933. The largest absolute Gasteiger partial charge is 0.353 e. The molecule has 2 rings (SSSR count). The lowest BCUT2D eigenvalue weighted by atomic mass is 9.80. The van der Waals surface area contributed by atoms with Crippen molar-refractivity contribution in [1.29, 1.82) is 0 Å². The fourth-order valence-electron chi connectivity index (χ4n) is 3.61. The normalized spacial score (nSPS) is 36.6. The van der Waals surface area contributed by atoms with E-state index in [0.717, 1.165) is 25.9 Å². The standard InChI is InChI=1S/C15H28N2O/c1-3-12-7-5-6-8-13(12)17-14(18)15(4-2)9-10-16-11-15/h12-13,16H,3-11H2,1-2H3,(H,17,18). The summed E-state index contributed by atoms with van der Waals surface area (Å²) >= 11 is 0. The first-order valence-corrected chi connectivity index (χ1v) is 7.73. The molecular formula is C15H28N2O. The lowest BCUT2D eigenvalue weighted by molar-refractivity contribution is -0.131. The van der Waals surface area contributed by atoms with Crippen LogP contribution in [0.2, 0.25) is 0 Å². The molecule has 1 saturated carbocycles. The molecule has 2 N–H and O–H groups in total. The minimum absolute atomic E-state index is 0.129. The van der Waals surface area contributed by atoms with Gasteiger partial charge in [-0.1, -0.05) is 33.1 Å². The highest BCUT2D eigenvalue weighted by molar-refractivity contribution is 5.83. The molecule has 0 bridgehead atoms. The molecule has 0 spiro atoms. The summed E-state index contributed by atoms with van der Waals surface area (Å²) < 4.78 is 0. The Bertz CT molecular complexity index is 284. The third-order valence-corrected chi connectivity index (χ3v) is 5.15. The molecule has 0 radical (unpaired) electrons. The molecule has 0 aromatic carbocycles. The molecule has 1 heterocycles. The van der Waals surface area contributed by atoms with Gasteiger partial charge in [-0.15, -0.1) is 0 Å². The van der Waals surface area contributed by atoms with Crippen molar-refractivity contribution in [2.75, 3.05) is 13.1 Å². The SMILES string of the molecule is CCC1CCCCC1NC(=O)C1(CC)CCNC1. The van der Waals surface area contributed by atoms with Crippen molar-refractivity contribution in [3.8, 4) is 0 Å². The van der Waals surface area contributed by atoms with Crippen LogP contribution < -0.4 is 10.6 Å². The van der Waals surface area contributed by atoms with Crippen LogP contribution in [-0.4, -0.2) is 25.0 Å². The number of hydrogen-bond donors (Lipinski definition) is 2. The quantitative estimate of drug-likeness (QED) is 0.807. The van der Waals surface area contributed by atoms with E-state index in [2.05, 4.69) is 24.5 Å². The zero-order valence-corrected chi connectivity index (χ0v) is 11.9. The van der Waals surface area contributed by atoms with Crippen molar-refractivity contribution in [2.24, 2.45) is 11.3 Å². The molecule has 3 heteroatoms. The lowest BCUT2D eigenvalue weighted by Crippen LogP contribution is -2.49. The van der Waals surface area contributed by atoms with Crippen LogP contribution in [0.15, 0.2) is 0 Å². The smallest absolute Gasteiger partial charge is 0.227 e. The van der Waals surface area contributed by atoms with Gasteiger partial charge in [-0.3, -0.25) is 4.79 Å². The Morgan fingerprint density at radius 2 is 2.11 bits per heavy atom. The van der Waals surface area contributed by atoms with Gasteiger partial charge < -0.3 is 10.6 Å². The molecular weight excluding hydrogens is 224 g/mol. The number of carbonyl (C=O) groups excluding carboxylic acids is 1. The lowest BCUT2D eigenvalue weighted by Gasteiger charge is -2.35. The fourth-order valence-corrected chi connectivity index (χ4v) is 3.61. The van der Waals surface area contributed by atoms with E-state index in [1.54, 1.807) is 0 Å². The molecule has 3 atom stereocenters. The van der Waals surface area contributed by atoms with E-state index < -0.39 is 0 Å². The van der Waals surface area contributed by atoms with Gasteiger partial charge in [0.05, 0.1) is 5.41 Å². The molecule has 1 amide bonds. The summed E-state index contributed by atoms with van der Waals surface area (Å²) in [6.07, 6.45) is 8.23. The summed E-state index contributed by atoms with van der Waals surface area (Å²) in [7, 11) is 0. The average molecular weight is 252 g/mol. The molecule has 1 aliphatic heterocycles. The topological polar surface area (TPSA) is 41.1 Å². The number of nitrogens with one attached hydrogen (secondary N) is 2. The van der Waals surface area contributed by atoms with Gasteiger partial charge in [0.1, 0.15) is 0 Å². The third-order valence-electron chi connectivity index (χ3n) is 5.15. The van der Waals surface area contributed by atoms with Crippen molar-refractivity contribution < 1.29 is 4.79 Å². The summed E-state index contributed by atoms with van der Waals surface area (Å²) in [5.41, 5.74) is -0.129. The molecule has 1 saturated heterocycles. The molecule has 2 fully saturated rings. The first-order valence-electron chi connectivity index (χ1n) is 7.73. The highest BCUT2D eigenvalue weighted by Crippen LogP contribution is 2.32. The first-order chi connectivity index (χ1) is 8.72. The number of rotatable bonds is 4. The second-order valence-corrected chi connectivity index (χ2v) is 6.09. The summed E-state index contributed by atoms with van der Waals surface area (Å²) in [5.74, 6) is 1.01. The molecule has 104 valence electrons. The predicted molar refractivity (Wildman–Crippen MR) is 74.4 cm³/mol. The van der Waals surface area contributed by atoms with Gasteiger partial charge in [-0.05, 0) is 38.1 Å². The minimum Gasteiger partial charge on any atom is -0.353 e. The zero-order chi connectivity index (χ0) is 13.0. The highest BCUT2D eigenvalue weighted by Gasteiger charge is 2.40. The van der Waals surface area contributed by atoms with E-state index in [4.69, 9.17) is 0 Å². The van der Waals surface area contributed by atoms with E-state index in [1.165, 1.54) is 32.1 Å². The Morgan fingerprint density at radius 3 is 2.72 bits per heavy atom. The van der Waals surface area contributed by atoms with Crippen molar-refractivity contribution in [3.05, 3.63) is 0 Å². The monoisotopic (exact) mass is 252 g/mol. The van der Waals surface area contributed by atoms with Gasteiger partial charge in [-0.2, -0.15) is 0 Å². The number of carbonyl (C=O) groups is 1. The maximum absolute atomic E-state index is 12.6. The van der Waals surface area contributed by atoms with Crippen LogP contribution in [0, 0.1) is 11.3 Å². The summed E-state index contributed by atoms with van der Waals surface area (Å²) in [6.45, 7) is 6.24. The van der Waals surface area contributed by atoms with E-state index in [-0.39, 0.29) is 5.41 Å². The Balaban J connectivity index is 1.96. The van der Waals surface area contributed by atoms with Crippen LogP contribution in [0.5, 0.6) is 0 Å². The first kappa shape index (κ1) is 13.9. The molecule has 3 unspecified atom stereocenters. The van der Waals surface area contributed by atoms with E-state index in [9.17, 15) is 4.79 Å². The number of hydrogen-bond acceptors (Lipinski definition) is 2. The molecule has 0 aromatic heterocycles. The minimum atomic E-state index is -0.129. The predicted octanol–water partition coefficient (Wildman–Crippen LogP) is 2.46. The molecule has 0 aromatic rings. The zero-order valence-electron chi connectivity index (χ0n) is 11.9. The van der Waals surface area contributed by atoms with Crippen molar-refractivity contribution in [3.63, 3.8) is 0 Å². The maximum atomic E-state index is 12.6. The highest BCUT2D eigenvalue weighted by atomic mass is 16.2. The van der Waals surface area contributed by atoms with Crippen LogP contribution in [-0.2, 0) is 4.79 Å². The molecule has 1 aliphatic carbocycles. The van der Waals surface area contributed by atoms with Gasteiger partial charge in [0, 0.05) is 12.6 Å².